The largest absolute Gasteiger partial charge is 0.377 e. The predicted molar refractivity (Wildman–Crippen MR) is 153 cm³/mol. The topological polar surface area (TPSA) is 98.4 Å². The normalized spacial score (nSPS) is 20.9. The Kier molecular flexibility index (Phi) is 5.43. The number of rotatable bonds is 5. The lowest BCUT2D eigenvalue weighted by Crippen LogP contribution is -2.68. The van der Waals surface area contributed by atoms with Crippen molar-refractivity contribution in [2.45, 2.75) is 31.5 Å². The summed E-state index contributed by atoms with van der Waals surface area (Å²) in [6, 6.07) is 14.3. The molecule has 198 valence electrons. The number of pyridine rings is 1. The smallest absolute Gasteiger partial charge is 0.147 e. The number of piperazine rings is 1. The van der Waals surface area contributed by atoms with Crippen LogP contribution in [0.5, 0.6) is 0 Å². The van der Waals surface area contributed by atoms with Crippen LogP contribution in [0.2, 0.25) is 0 Å². The van der Waals surface area contributed by atoms with Gasteiger partial charge in [-0.05, 0) is 59.2 Å². The second-order valence-electron chi connectivity index (χ2n) is 10.9. The van der Waals surface area contributed by atoms with Crippen LogP contribution in [0, 0.1) is 11.3 Å². The van der Waals surface area contributed by atoms with E-state index in [4.69, 9.17) is 14.7 Å². The molecule has 3 saturated heterocycles. The number of fused-ring (bicyclic) bond motifs is 4. The Hall–Kier alpha value is -4.52. The van der Waals surface area contributed by atoms with Crippen LogP contribution in [-0.4, -0.2) is 67.9 Å². The van der Waals surface area contributed by atoms with Gasteiger partial charge >= 0.3 is 0 Å². The predicted octanol–water partition coefficient (Wildman–Crippen LogP) is 4.41. The zero-order valence-electron chi connectivity index (χ0n) is 22.0. The van der Waals surface area contributed by atoms with Gasteiger partial charge < -0.3 is 14.6 Å². The first kappa shape index (κ1) is 23.4. The minimum atomic E-state index is 0.524. The minimum absolute atomic E-state index is 0.524. The summed E-state index contributed by atoms with van der Waals surface area (Å²) in [5.41, 5.74) is 7.73. The molecule has 4 aromatic heterocycles. The fraction of sp³-hybridized carbons (Fsp3) is 0.290. The lowest BCUT2D eigenvalue weighted by atomic mass is 9.86. The highest BCUT2D eigenvalue weighted by Gasteiger charge is 2.44. The van der Waals surface area contributed by atoms with Crippen LogP contribution < -0.4 is 4.90 Å². The van der Waals surface area contributed by atoms with Crippen LogP contribution in [0.25, 0.3) is 33.3 Å². The molecule has 0 radical (unpaired) electrons. The van der Waals surface area contributed by atoms with E-state index in [0.29, 0.717) is 30.9 Å². The van der Waals surface area contributed by atoms with Crippen molar-refractivity contribution < 1.29 is 4.74 Å². The average Bonchev–Trinajstić information content (AvgIpc) is 3.66. The number of piperidine rings is 1. The lowest BCUT2D eigenvalue weighted by molar-refractivity contribution is -0.00867. The fourth-order valence-electron chi connectivity index (χ4n) is 6.53. The summed E-state index contributed by atoms with van der Waals surface area (Å²) in [5.74, 6) is 0.903. The molecule has 0 saturated carbocycles. The van der Waals surface area contributed by atoms with Gasteiger partial charge in [-0.15, -0.1) is 0 Å². The standard InChI is InChI=1S/C31H28N8O/c32-12-24-13-36-39-17-23(21-4-7-40-8-5-21)10-27(31(24)39)29-14-35-30(15-34-29)37-18-25-11-26(19-37)38(25)16-20-1-2-28-22(9-20)3-6-33-28/h1-4,6,9-10,13-15,17,25-26,33H,5,7-8,11,16,18-19H2. The third-order valence-corrected chi connectivity index (χ3v) is 8.63. The molecule has 2 unspecified atom stereocenters. The molecule has 0 spiro atoms. The molecular formula is C31H28N8O. The molecule has 9 rings (SSSR count). The van der Waals surface area contributed by atoms with Crippen LogP contribution in [0.3, 0.4) is 0 Å². The molecule has 8 heterocycles. The Labute approximate surface area is 231 Å². The molecular weight excluding hydrogens is 500 g/mol. The number of aromatic amines is 1. The number of ether oxygens (including phenoxy) is 1. The summed E-state index contributed by atoms with van der Waals surface area (Å²) in [6.07, 6.45) is 13.5. The van der Waals surface area contributed by atoms with Gasteiger partial charge in [0, 0.05) is 55.2 Å². The Morgan fingerprint density at radius 2 is 2.00 bits per heavy atom. The van der Waals surface area contributed by atoms with Crippen LogP contribution in [-0.2, 0) is 11.3 Å². The van der Waals surface area contributed by atoms with Gasteiger partial charge in [0.2, 0.25) is 0 Å². The first-order valence-electron chi connectivity index (χ1n) is 13.8. The second kappa shape index (κ2) is 9.30. The van der Waals surface area contributed by atoms with Crippen molar-refractivity contribution in [2.75, 3.05) is 31.2 Å². The summed E-state index contributed by atoms with van der Waals surface area (Å²) in [7, 11) is 0. The van der Waals surface area contributed by atoms with Gasteiger partial charge in [0.15, 0.2) is 0 Å². The van der Waals surface area contributed by atoms with E-state index in [9.17, 15) is 5.26 Å². The van der Waals surface area contributed by atoms with Gasteiger partial charge in [-0.2, -0.15) is 10.4 Å². The molecule has 1 N–H and O–H groups in total. The number of aromatic nitrogens is 5. The minimum Gasteiger partial charge on any atom is -0.377 e. The van der Waals surface area contributed by atoms with Gasteiger partial charge in [0.05, 0.1) is 48.6 Å². The average molecular weight is 529 g/mol. The molecule has 5 aromatic rings. The van der Waals surface area contributed by atoms with Gasteiger partial charge in [-0.1, -0.05) is 12.1 Å². The summed E-state index contributed by atoms with van der Waals surface area (Å²) >= 11 is 0. The maximum atomic E-state index is 9.73. The first-order valence-corrected chi connectivity index (χ1v) is 13.8. The highest BCUT2D eigenvalue weighted by atomic mass is 16.5. The van der Waals surface area contributed by atoms with E-state index in [1.165, 1.54) is 28.5 Å². The molecule has 0 aliphatic carbocycles. The number of nitrogens with zero attached hydrogens (tertiary/aromatic N) is 7. The van der Waals surface area contributed by atoms with Crippen molar-refractivity contribution in [2.24, 2.45) is 0 Å². The number of hydrogen-bond donors (Lipinski definition) is 1. The Balaban J connectivity index is 1.03. The van der Waals surface area contributed by atoms with E-state index in [2.05, 4.69) is 62.4 Å². The van der Waals surface area contributed by atoms with E-state index in [1.807, 2.05) is 24.8 Å². The van der Waals surface area contributed by atoms with Crippen molar-refractivity contribution >= 4 is 27.8 Å². The van der Waals surface area contributed by atoms with Crippen molar-refractivity contribution in [3.05, 3.63) is 84.1 Å². The molecule has 1 aromatic carbocycles. The van der Waals surface area contributed by atoms with Gasteiger partial charge in [0.1, 0.15) is 11.9 Å². The Morgan fingerprint density at radius 1 is 1.07 bits per heavy atom. The molecule has 3 fully saturated rings. The van der Waals surface area contributed by atoms with Crippen LogP contribution in [0.4, 0.5) is 5.82 Å². The zero-order valence-corrected chi connectivity index (χ0v) is 22.0. The van der Waals surface area contributed by atoms with Crippen molar-refractivity contribution in [3.63, 3.8) is 0 Å². The summed E-state index contributed by atoms with van der Waals surface area (Å²) in [6.45, 7) is 4.20. The number of benzene rings is 1. The van der Waals surface area contributed by atoms with Crippen molar-refractivity contribution in [3.8, 4) is 17.3 Å². The van der Waals surface area contributed by atoms with Gasteiger partial charge in [-0.3, -0.25) is 9.88 Å². The molecule has 9 heteroatoms. The van der Waals surface area contributed by atoms with Crippen LogP contribution in [0.1, 0.15) is 29.5 Å². The number of nitriles is 1. The van der Waals surface area contributed by atoms with E-state index < -0.39 is 0 Å². The Morgan fingerprint density at radius 3 is 2.80 bits per heavy atom. The van der Waals surface area contributed by atoms with Crippen molar-refractivity contribution in [1.82, 2.24) is 29.5 Å². The summed E-state index contributed by atoms with van der Waals surface area (Å²) < 4.78 is 7.29. The summed E-state index contributed by atoms with van der Waals surface area (Å²) in [4.78, 5) is 18.0. The first-order chi connectivity index (χ1) is 19.7. The Bertz CT molecular complexity index is 1800. The van der Waals surface area contributed by atoms with Crippen LogP contribution in [0.15, 0.2) is 67.4 Å². The fourth-order valence-corrected chi connectivity index (χ4v) is 6.53. The zero-order chi connectivity index (χ0) is 26.6. The molecule has 9 nitrogen and oxygen atoms in total. The maximum Gasteiger partial charge on any atom is 0.147 e. The van der Waals surface area contributed by atoms with E-state index in [1.54, 1.807) is 10.7 Å². The van der Waals surface area contributed by atoms with E-state index in [-0.39, 0.29) is 0 Å². The maximum absolute atomic E-state index is 9.73. The number of hydrogen-bond acceptors (Lipinski definition) is 7. The molecule has 40 heavy (non-hydrogen) atoms. The monoisotopic (exact) mass is 528 g/mol. The van der Waals surface area contributed by atoms with E-state index in [0.717, 1.165) is 54.2 Å². The van der Waals surface area contributed by atoms with Crippen molar-refractivity contribution in [1.29, 1.82) is 5.26 Å². The SMILES string of the molecule is N#Cc1cnn2cc(C3=CCOCC3)cc(-c3cnc(N4CC5CC(C4)N5Cc4ccc5[nH]ccc5c4)cn3)c12. The third kappa shape index (κ3) is 3.87. The van der Waals surface area contributed by atoms with Gasteiger partial charge in [0.25, 0.3) is 0 Å². The quantitative estimate of drug-likeness (QED) is 0.361. The van der Waals surface area contributed by atoms with E-state index >= 15 is 0 Å². The summed E-state index contributed by atoms with van der Waals surface area (Å²) in [5, 5.41) is 15.5. The number of nitrogens with one attached hydrogen (secondary N) is 1. The highest BCUT2D eigenvalue weighted by Crippen LogP contribution is 2.36. The number of H-pyrrole nitrogens is 1. The lowest BCUT2D eigenvalue weighted by Gasteiger charge is -2.56. The molecule has 4 aliphatic rings. The molecule has 4 aliphatic heterocycles. The molecule has 2 bridgehead atoms. The van der Waals surface area contributed by atoms with Crippen LogP contribution >= 0.6 is 0 Å². The molecule has 2 atom stereocenters. The molecule has 0 amide bonds. The number of anilines is 1. The second-order valence-corrected chi connectivity index (χ2v) is 10.9. The third-order valence-electron chi connectivity index (χ3n) is 8.63. The highest BCUT2D eigenvalue weighted by molar-refractivity contribution is 5.85. The van der Waals surface area contributed by atoms with Gasteiger partial charge in [-0.25, -0.2) is 9.50 Å².